The van der Waals surface area contributed by atoms with Gasteiger partial charge >= 0.3 is 0 Å². The molecule has 0 bridgehead atoms. The molecule has 1 saturated heterocycles. The van der Waals surface area contributed by atoms with E-state index in [1.165, 1.54) is 0 Å². The van der Waals surface area contributed by atoms with Crippen LogP contribution >= 0.6 is 0 Å². The topological polar surface area (TPSA) is 32.3 Å². The predicted molar refractivity (Wildman–Crippen MR) is 58.2 cm³/mol. The van der Waals surface area contributed by atoms with Crippen LogP contribution in [0, 0.1) is 0 Å². The summed E-state index contributed by atoms with van der Waals surface area (Å²) < 4.78 is 0. The maximum Gasteiger partial charge on any atom is 0.239 e. The molecule has 1 fully saturated rings. The van der Waals surface area contributed by atoms with E-state index in [0.29, 0.717) is 5.91 Å². The van der Waals surface area contributed by atoms with Crippen molar-refractivity contribution in [3.05, 3.63) is 0 Å². The molecule has 1 rings (SSSR count). The van der Waals surface area contributed by atoms with Gasteiger partial charge in [0.25, 0.3) is 0 Å². The Bertz CT molecular complexity index is 180. The molecule has 0 aliphatic carbocycles. The third-order valence-corrected chi connectivity index (χ3v) is 2.66. The Kier molecular flexibility index (Phi) is 4.94. The molecule has 14 heavy (non-hydrogen) atoms. The minimum Gasteiger partial charge on any atom is -0.341 e. The van der Waals surface area contributed by atoms with E-state index in [4.69, 9.17) is 0 Å². The summed E-state index contributed by atoms with van der Waals surface area (Å²) in [5.74, 6) is 0.312. The number of carbonyl (C=O) groups excluding carboxylic acids is 1. The highest BCUT2D eigenvalue weighted by Crippen LogP contribution is 2.11. The second-order valence-corrected chi connectivity index (χ2v) is 3.97. The Balaban J connectivity index is 2.40. The normalized spacial score (nSPS) is 22.9. The first-order valence-electron chi connectivity index (χ1n) is 5.81. The largest absolute Gasteiger partial charge is 0.341 e. The molecule has 82 valence electrons. The van der Waals surface area contributed by atoms with Crippen molar-refractivity contribution in [2.75, 3.05) is 19.6 Å². The lowest BCUT2D eigenvalue weighted by Crippen LogP contribution is -2.50. The summed E-state index contributed by atoms with van der Waals surface area (Å²) in [5.41, 5.74) is 0. The van der Waals surface area contributed by atoms with Gasteiger partial charge in [-0.2, -0.15) is 0 Å². The molecule has 0 saturated carbocycles. The van der Waals surface area contributed by atoms with Crippen LogP contribution < -0.4 is 5.32 Å². The average molecular weight is 198 g/mol. The van der Waals surface area contributed by atoms with Crippen LogP contribution in [0.1, 0.15) is 39.5 Å². The van der Waals surface area contributed by atoms with E-state index in [9.17, 15) is 4.79 Å². The second-order valence-electron chi connectivity index (χ2n) is 3.97. The number of piperidine rings is 1. The number of nitrogens with one attached hydrogen (secondary N) is 1. The first-order valence-corrected chi connectivity index (χ1v) is 5.81. The van der Waals surface area contributed by atoms with E-state index in [-0.39, 0.29) is 6.04 Å². The van der Waals surface area contributed by atoms with E-state index in [1.807, 2.05) is 4.90 Å². The fraction of sp³-hybridized carbons (Fsp3) is 0.909. The zero-order valence-electron chi connectivity index (χ0n) is 9.38. The Morgan fingerprint density at radius 3 is 2.86 bits per heavy atom. The minimum atomic E-state index is 0.0928. The molecule has 3 nitrogen and oxygen atoms in total. The number of nitrogens with zero attached hydrogens (tertiary/aromatic N) is 1. The van der Waals surface area contributed by atoms with E-state index < -0.39 is 0 Å². The SMILES string of the molecule is CCCNC1CCCN(CCC)C1=O. The molecule has 1 aliphatic heterocycles. The van der Waals surface area contributed by atoms with Crippen molar-refractivity contribution in [2.45, 2.75) is 45.6 Å². The first-order chi connectivity index (χ1) is 6.79. The van der Waals surface area contributed by atoms with Crippen LogP contribution in [0.2, 0.25) is 0 Å². The molecule has 3 heteroatoms. The molecule has 1 heterocycles. The van der Waals surface area contributed by atoms with Crippen molar-refractivity contribution in [3.63, 3.8) is 0 Å². The standard InChI is InChI=1S/C11H22N2O/c1-3-7-12-10-6-5-9-13(8-4-2)11(10)14/h10,12H,3-9H2,1-2H3. The van der Waals surface area contributed by atoms with Crippen LogP contribution in [0.25, 0.3) is 0 Å². The van der Waals surface area contributed by atoms with Gasteiger partial charge in [-0.05, 0) is 32.2 Å². The predicted octanol–water partition coefficient (Wildman–Crippen LogP) is 1.39. The van der Waals surface area contributed by atoms with Crippen LogP contribution in [0.4, 0.5) is 0 Å². The number of hydrogen-bond acceptors (Lipinski definition) is 2. The molecule has 0 aromatic heterocycles. The lowest BCUT2D eigenvalue weighted by atomic mass is 10.0. The fourth-order valence-electron chi connectivity index (χ4n) is 1.94. The van der Waals surface area contributed by atoms with Crippen molar-refractivity contribution in [1.29, 1.82) is 0 Å². The lowest BCUT2D eigenvalue weighted by Gasteiger charge is -2.32. The van der Waals surface area contributed by atoms with Crippen molar-refractivity contribution in [2.24, 2.45) is 0 Å². The molecule has 0 radical (unpaired) electrons. The summed E-state index contributed by atoms with van der Waals surface area (Å²) in [6.07, 6.45) is 4.32. The summed E-state index contributed by atoms with van der Waals surface area (Å²) in [4.78, 5) is 13.9. The average Bonchev–Trinajstić information content (AvgIpc) is 2.20. The third kappa shape index (κ3) is 2.98. The number of rotatable bonds is 5. The van der Waals surface area contributed by atoms with Gasteiger partial charge in [-0.15, -0.1) is 0 Å². The molecular formula is C11H22N2O. The van der Waals surface area contributed by atoms with E-state index in [1.54, 1.807) is 0 Å². The van der Waals surface area contributed by atoms with Gasteiger partial charge in [0.15, 0.2) is 0 Å². The summed E-state index contributed by atoms with van der Waals surface area (Å²) in [6, 6.07) is 0.0928. The maximum atomic E-state index is 11.9. The molecule has 0 spiro atoms. The van der Waals surface area contributed by atoms with E-state index >= 15 is 0 Å². The molecule has 1 amide bonds. The van der Waals surface area contributed by atoms with Crippen molar-refractivity contribution in [1.82, 2.24) is 10.2 Å². The van der Waals surface area contributed by atoms with E-state index in [2.05, 4.69) is 19.2 Å². The van der Waals surface area contributed by atoms with Gasteiger partial charge in [0, 0.05) is 13.1 Å². The summed E-state index contributed by atoms with van der Waals surface area (Å²) >= 11 is 0. The highest BCUT2D eigenvalue weighted by Gasteiger charge is 2.26. The number of likely N-dealkylation sites (tertiary alicyclic amines) is 1. The van der Waals surface area contributed by atoms with Gasteiger partial charge in [-0.1, -0.05) is 13.8 Å². The Morgan fingerprint density at radius 2 is 2.21 bits per heavy atom. The highest BCUT2D eigenvalue weighted by molar-refractivity contribution is 5.82. The summed E-state index contributed by atoms with van der Waals surface area (Å²) in [5, 5.41) is 3.32. The Morgan fingerprint density at radius 1 is 1.43 bits per heavy atom. The Hall–Kier alpha value is -0.570. The van der Waals surface area contributed by atoms with Crippen molar-refractivity contribution >= 4 is 5.91 Å². The van der Waals surface area contributed by atoms with Crippen molar-refractivity contribution in [3.8, 4) is 0 Å². The van der Waals surface area contributed by atoms with Gasteiger partial charge in [0.2, 0.25) is 5.91 Å². The van der Waals surface area contributed by atoms with Gasteiger partial charge < -0.3 is 10.2 Å². The quantitative estimate of drug-likeness (QED) is 0.724. The van der Waals surface area contributed by atoms with Crippen LogP contribution in [0.15, 0.2) is 0 Å². The number of hydrogen-bond donors (Lipinski definition) is 1. The molecule has 1 aliphatic rings. The van der Waals surface area contributed by atoms with Crippen LogP contribution in [-0.4, -0.2) is 36.5 Å². The van der Waals surface area contributed by atoms with Gasteiger partial charge in [-0.25, -0.2) is 0 Å². The molecule has 1 N–H and O–H groups in total. The third-order valence-electron chi connectivity index (χ3n) is 2.66. The second kappa shape index (κ2) is 6.02. The monoisotopic (exact) mass is 198 g/mol. The zero-order chi connectivity index (χ0) is 10.4. The van der Waals surface area contributed by atoms with Crippen LogP contribution in [0.3, 0.4) is 0 Å². The molecule has 0 aromatic rings. The summed E-state index contributed by atoms with van der Waals surface area (Å²) in [6.45, 7) is 7.08. The molecular weight excluding hydrogens is 176 g/mol. The van der Waals surface area contributed by atoms with Gasteiger partial charge in [0.1, 0.15) is 0 Å². The number of amides is 1. The fourth-order valence-corrected chi connectivity index (χ4v) is 1.94. The molecule has 1 unspecified atom stereocenters. The van der Waals surface area contributed by atoms with Crippen molar-refractivity contribution < 1.29 is 4.79 Å². The van der Waals surface area contributed by atoms with Gasteiger partial charge in [0.05, 0.1) is 6.04 Å². The summed E-state index contributed by atoms with van der Waals surface area (Å²) in [7, 11) is 0. The van der Waals surface area contributed by atoms with Gasteiger partial charge in [-0.3, -0.25) is 4.79 Å². The zero-order valence-corrected chi connectivity index (χ0v) is 9.38. The first kappa shape index (κ1) is 11.5. The number of carbonyl (C=O) groups is 1. The highest BCUT2D eigenvalue weighted by atomic mass is 16.2. The maximum absolute atomic E-state index is 11.9. The smallest absolute Gasteiger partial charge is 0.239 e. The van der Waals surface area contributed by atoms with Crippen LogP contribution in [-0.2, 0) is 4.79 Å². The Labute approximate surface area is 86.9 Å². The van der Waals surface area contributed by atoms with Crippen LogP contribution in [0.5, 0.6) is 0 Å². The molecule has 1 atom stereocenters. The molecule has 0 aromatic carbocycles. The lowest BCUT2D eigenvalue weighted by molar-refractivity contribution is -0.135. The minimum absolute atomic E-state index is 0.0928. The van der Waals surface area contributed by atoms with E-state index in [0.717, 1.165) is 45.3 Å².